The van der Waals surface area contributed by atoms with Crippen molar-refractivity contribution in [2.24, 2.45) is 0 Å². The summed E-state index contributed by atoms with van der Waals surface area (Å²) in [5, 5.41) is 8.70. The zero-order valence-electron chi connectivity index (χ0n) is 14.3. The van der Waals surface area contributed by atoms with Crippen molar-refractivity contribution in [1.29, 1.82) is 0 Å². The lowest BCUT2D eigenvalue weighted by atomic mass is 10.2. The molecule has 0 aliphatic carbocycles. The monoisotopic (exact) mass is 372 g/mol. The zero-order chi connectivity index (χ0) is 19.7. The fourth-order valence-electron chi connectivity index (χ4n) is 2.79. The Morgan fingerprint density at radius 3 is 2.04 bits per heavy atom. The van der Waals surface area contributed by atoms with Crippen LogP contribution in [-0.2, 0) is 0 Å². The topological polar surface area (TPSA) is 126 Å². The maximum Gasteiger partial charge on any atom is 0.248 e. The van der Waals surface area contributed by atoms with Gasteiger partial charge in [-0.05, 0) is 48.5 Å². The highest BCUT2D eigenvalue weighted by molar-refractivity contribution is 6.01. The number of benzene rings is 2. The van der Waals surface area contributed by atoms with E-state index in [1.54, 1.807) is 24.3 Å². The lowest BCUT2D eigenvalue weighted by Crippen LogP contribution is -2.05. The predicted molar refractivity (Wildman–Crippen MR) is 106 cm³/mol. The Balaban J connectivity index is 2.35. The average molecular weight is 372 g/mol. The molecule has 6 aromatic rings. The highest BCUT2D eigenvalue weighted by Gasteiger charge is 2.05. The van der Waals surface area contributed by atoms with Crippen LogP contribution in [0.3, 0.4) is 0 Å². The molecule has 0 amide bonds. The minimum Gasteiger partial charge on any atom is -0.322 e. The van der Waals surface area contributed by atoms with Gasteiger partial charge in [0.25, 0.3) is 0 Å². The van der Waals surface area contributed by atoms with Gasteiger partial charge in [-0.1, -0.05) is 0 Å². The Labute approximate surface area is 155 Å². The van der Waals surface area contributed by atoms with Gasteiger partial charge in [0.15, 0.2) is 10.9 Å². The van der Waals surface area contributed by atoms with E-state index in [2.05, 4.69) is 20.2 Å². The van der Waals surface area contributed by atoms with Crippen molar-refractivity contribution in [3.05, 3.63) is 102 Å². The number of fused-ring (bicyclic) bond motifs is 1. The number of rotatable bonds is 0. The molecule has 2 aromatic carbocycles. The molecule has 4 bridgehead atoms. The molecular weight excluding hydrogens is 360 g/mol. The molecule has 4 heterocycles. The molecule has 6 rings (SSSR count). The normalized spacial score (nSPS) is 10.7. The third-order valence-electron chi connectivity index (χ3n) is 4.13. The maximum absolute atomic E-state index is 12.5. The van der Waals surface area contributed by atoms with Crippen LogP contribution in [0.4, 0.5) is 0 Å². The fraction of sp³-hybridized carbons (Fsp3) is 0. The van der Waals surface area contributed by atoms with Gasteiger partial charge in [0.05, 0.1) is 21.9 Å². The smallest absolute Gasteiger partial charge is 0.248 e. The first-order valence-electron chi connectivity index (χ1n) is 8.27. The number of nitrogens with zero attached hydrogens (tertiary/aromatic N) is 2. The van der Waals surface area contributed by atoms with Crippen LogP contribution in [0.5, 0.6) is 0 Å². The summed E-state index contributed by atoms with van der Waals surface area (Å²) >= 11 is 0. The molecule has 0 unspecified atom stereocenters. The van der Waals surface area contributed by atoms with E-state index < -0.39 is 16.5 Å². The molecule has 0 aliphatic heterocycles. The van der Waals surface area contributed by atoms with Gasteiger partial charge >= 0.3 is 0 Å². The van der Waals surface area contributed by atoms with Gasteiger partial charge in [-0.15, -0.1) is 5.10 Å². The van der Waals surface area contributed by atoms with Crippen LogP contribution in [0.25, 0.3) is 32.8 Å². The van der Waals surface area contributed by atoms with Crippen molar-refractivity contribution in [2.75, 3.05) is 0 Å². The molecule has 8 nitrogen and oxygen atoms in total. The number of aromatic amines is 2. The van der Waals surface area contributed by atoms with Gasteiger partial charge < -0.3 is 9.97 Å². The summed E-state index contributed by atoms with van der Waals surface area (Å²) in [5.74, 6) is 0. The summed E-state index contributed by atoms with van der Waals surface area (Å²) in [6, 6.07) is 13.8. The van der Waals surface area contributed by atoms with Crippen LogP contribution >= 0.6 is 0 Å². The quantitative estimate of drug-likeness (QED) is 0.477. The second-order valence-corrected chi connectivity index (χ2v) is 6.00. The molecule has 28 heavy (non-hydrogen) atoms. The second kappa shape index (κ2) is 6.84. The van der Waals surface area contributed by atoms with Gasteiger partial charge in [0.2, 0.25) is 11.1 Å². The van der Waals surface area contributed by atoms with Gasteiger partial charge in [-0.2, -0.15) is 5.10 Å². The Morgan fingerprint density at radius 2 is 1.29 bits per heavy atom. The molecule has 0 fully saturated rings. The molecule has 0 radical (unpaired) electrons. The van der Waals surface area contributed by atoms with Crippen molar-refractivity contribution >= 4 is 32.8 Å². The first-order chi connectivity index (χ1) is 13.5. The van der Waals surface area contributed by atoms with E-state index in [0.717, 1.165) is 24.3 Å². The van der Waals surface area contributed by atoms with E-state index in [-0.39, 0.29) is 27.4 Å². The highest BCUT2D eigenvalue weighted by atomic mass is 16.1. The molecule has 0 spiro atoms. The molecule has 8 heteroatoms. The maximum atomic E-state index is 12.5. The highest BCUT2D eigenvalue weighted by Crippen LogP contribution is 2.14. The summed E-state index contributed by atoms with van der Waals surface area (Å²) in [6.45, 7) is 0. The second-order valence-electron chi connectivity index (χ2n) is 6.00. The molecule has 136 valence electrons. The Hall–Kier alpha value is -4.20. The Bertz CT molecular complexity index is 1540. The van der Waals surface area contributed by atoms with Crippen LogP contribution in [0.15, 0.2) is 79.8 Å². The first kappa shape index (κ1) is 17.2. The molecule has 0 atom stereocenters. The largest absolute Gasteiger partial charge is 0.322 e. The minimum atomic E-state index is -0.594. The van der Waals surface area contributed by atoms with Crippen molar-refractivity contribution < 1.29 is 0 Å². The summed E-state index contributed by atoms with van der Waals surface area (Å²) in [6.07, 6.45) is 0. The predicted octanol–water partition coefficient (Wildman–Crippen LogP) is 1.16. The molecule has 2 N–H and O–H groups in total. The van der Waals surface area contributed by atoms with E-state index in [1.807, 2.05) is 0 Å². The van der Waals surface area contributed by atoms with E-state index in [4.69, 9.17) is 0 Å². The van der Waals surface area contributed by atoms with Crippen LogP contribution in [0.2, 0.25) is 0 Å². The third-order valence-corrected chi connectivity index (χ3v) is 4.13. The van der Waals surface area contributed by atoms with E-state index in [0.29, 0.717) is 10.9 Å². The molecule has 0 aliphatic rings. The van der Waals surface area contributed by atoms with Crippen LogP contribution in [0, 0.1) is 0 Å². The lowest BCUT2D eigenvalue weighted by Gasteiger charge is -1.96. The van der Waals surface area contributed by atoms with E-state index in [1.165, 1.54) is 12.1 Å². The van der Waals surface area contributed by atoms with Crippen LogP contribution < -0.4 is 22.0 Å². The van der Waals surface area contributed by atoms with E-state index >= 15 is 0 Å². The van der Waals surface area contributed by atoms with E-state index in [9.17, 15) is 19.2 Å². The van der Waals surface area contributed by atoms with Crippen molar-refractivity contribution in [3.8, 4) is 0 Å². The standard InChI is InChI=1S/C20H12N4O4/c25-15-7-9-17(27)21-13-5-6-14(24-23-12-3-1-11(15)2-4-12)20-19(13)16(26)8-10-18(28)22-20/h1-10H,(H,21,27)(H,22,28). The molecule has 4 aromatic heterocycles. The third kappa shape index (κ3) is 3.26. The van der Waals surface area contributed by atoms with Gasteiger partial charge in [0, 0.05) is 17.5 Å². The van der Waals surface area contributed by atoms with Gasteiger partial charge in [0.1, 0.15) is 5.52 Å². The number of nitrogens with one attached hydrogen (secondary N) is 2. The van der Waals surface area contributed by atoms with Crippen molar-refractivity contribution in [2.45, 2.75) is 0 Å². The van der Waals surface area contributed by atoms with Crippen LogP contribution in [0.1, 0.15) is 0 Å². The van der Waals surface area contributed by atoms with Gasteiger partial charge in [-0.3, -0.25) is 19.2 Å². The number of hydrogen-bond donors (Lipinski definition) is 2. The summed E-state index contributed by atoms with van der Waals surface area (Å²) in [5.41, 5.74) is -0.864. The Morgan fingerprint density at radius 1 is 0.607 bits per heavy atom. The lowest BCUT2D eigenvalue weighted by molar-refractivity contribution is 1.12. The summed E-state index contributed by atoms with van der Waals surface area (Å²) in [4.78, 5) is 54.0. The van der Waals surface area contributed by atoms with Crippen molar-refractivity contribution in [3.63, 3.8) is 0 Å². The Kier molecular flexibility index (Phi) is 4.21. The molecular formula is C20H12N4O4. The number of aromatic nitrogens is 4. The average Bonchev–Trinajstić information content (AvgIpc) is 2.84. The van der Waals surface area contributed by atoms with Gasteiger partial charge in [-0.25, -0.2) is 0 Å². The minimum absolute atomic E-state index is 0.0799. The first-order valence-corrected chi connectivity index (χ1v) is 8.27. The summed E-state index contributed by atoms with van der Waals surface area (Å²) < 4.78 is 0. The summed E-state index contributed by atoms with van der Waals surface area (Å²) in [7, 11) is 0. The van der Waals surface area contributed by atoms with Crippen LogP contribution in [-0.4, -0.2) is 20.2 Å². The molecule has 0 saturated heterocycles. The number of hydrogen-bond acceptors (Lipinski definition) is 6. The molecule has 0 saturated carbocycles. The van der Waals surface area contributed by atoms with Crippen molar-refractivity contribution in [1.82, 2.24) is 20.2 Å². The SMILES string of the molecule is O=c1ccc(=O)c2ccc(cc2)nnc2ccc([nH]1)c1c(=O)ccc(=O)[nH]c21. The fourth-order valence-corrected chi connectivity index (χ4v) is 2.79. The zero-order valence-corrected chi connectivity index (χ0v) is 14.3. The number of H-pyrrole nitrogens is 2.